The normalized spacial score (nSPS) is 12.3. The Labute approximate surface area is 144 Å². The van der Waals surface area contributed by atoms with Crippen molar-refractivity contribution >= 4 is 69.6 Å². The summed E-state index contributed by atoms with van der Waals surface area (Å²) in [6.45, 7) is 0. The Kier molecular flexibility index (Phi) is 3.83. The SMILES string of the molecule is Clc1cc2c(c(Cl)c1Cl)Oc1cc(Cl)c(Cl)c(Cl)c1O2. The number of fused-ring (bicyclic) bond motifs is 2. The van der Waals surface area contributed by atoms with E-state index in [1.807, 2.05) is 0 Å². The predicted octanol–water partition coefficient (Wildman–Crippen LogP) is 7.50. The summed E-state index contributed by atoms with van der Waals surface area (Å²) in [4.78, 5) is 0. The molecule has 0 aromatic heterocycles. The molecule has 0 spiro atoms. The molecule has 3 rings (SSSR count). The molecule has 1 aliphatic rings. The molecule has 0 bridgehead atoms. The molecular formula is C12H2Cl6O2. The second-order valence-corrected chi connectivity index (χ2v) is 6.16. The fraction of sp³-hybridized carbons (Fsp3) is 0. The van der Waals surface area contributed by atoms with Gasteiger partial charge >= 0.3 is 0 Å². The maximum Gasteiger partial charge on any atom is 0.190 e. The first kappa shape index (κ1) is 14.7. The van der Waals surface area contributed by atoms with Crippen molar-refractivity contribution in [1.29, 1.82) is 0 Å². The number of halogens is 6. The van der Waals surface area contributed by atoms with Gasteiger partial charge in [0.15, 0.2) is 23.0 Å². The number of rotatable bonds is 0. The molecule has 104 valence electrons. The van der Waals surface area contributed by atoms with Crippen LogP contribution < -0.4 is 9.47 Å². The topological polar surface area (TPSA) is 18.5 Å². The Balaban J connectivity index is 2.22. The molecular weight excluding hydrogens is 389 g/mol. The van der Waals surface area contributed by atoms with Gasteiger partial charge in [-0.05, 0) is 0 Å². The molecule has 0 saturated carbocycles. The van der Waals surface area contributed by atoms with Gasteiger partial charge in [-0.3, -0.25) is 0 Å². The van der Waals surface area contributed by atoms with E-state index >= 15 is 0 Å². The molecule has 0 N–H and O–H groups in total. The van der Waals surface area contributed by atoms with Crippen molar-refractivity contribution < 1.29 is 9.47 Å². The lowest BCUT2D eigenvalue weighted by atomic mass is 10.2. The second-order valence-electron chi connectivity index (χ2n) is 3.83. The Morgan fingerprint density at radius 2 is 0.900 bits per heavy atom. The lowest BCUT2D eigenvalue weighted by Gasteiger charge is -2.23. The minimum atomic E-state index is 0.141. The van der Waals surface area contributed by atoms with E-state index in [9.17, 15) is 0 Å². The standard InChI is InChI=1S/C12H2Cl6O2/c13-3-1-5-11(9(17)7(3)15)20-6-2-4(14)8(16)10(18)12(6)19-5/h1-2H. The van der Waals surface area contributed by atoms with Crippen molar-refractivity contribution in [3.63, 3.8) is 0 Å². The lowest BCUT2D eigenvalue weighted by Crippen LogP contribution is -2.01. The van der Waals surface area contributed by atoms with E-state index < -0.39 is 0 Å². The fourth-order valence-electron chi connectivity index (χ4n) is 1.68. The van der Waals surface area contributed by atoms with Crippen LogP contribution in [-0.4, -0.2) is 0 Å². The molecule has 20 heavy (non-hydrogen) atoms. The van der Waals surface area contributed by atoms with E-state index in [0.717, 1.165) is 0 Å². The molecule has 0 aliphatic carbocycles. The zero-order valence-electron chi connectivity index (χ0n) is 9.24. The maximum atomic E-state index is 6.08. The van der Waals surface area contributed by atoms with Gasteiger partial charge in [0.1, 0.15) is 10.0 Å². The largest absolute Gasteiger partial charge is 0.448 e. The number of hydrogen-bond donors (Lipinski definition) is 0. The smallest absolute Gasteiger partial charge is 0.190 e. The van der Waals surface area contributed by atoms with Crippen molar-refractivity contribution in [2.24, 2.45) is 0 Å². The van der Waals surface area contributed by atoms with Gasteiger partial charge in [0, 0.05) is 12.1 Å². The van der Waals surface area contributed by atoms with E-state index in [-0.39, 0.29) is 53.1 Å². The molecule has 0 radical (unpaired) electrons. The van der Waals surface area contributed by atoms with Crippen LogP contribution in [0.15, 0.2) is 12.1 Å². The summed E-state index contributed by atoms with van der Waals surface area (Å²) in [5.74, 6) is 1.06. The van der Waals surface area contributed by atoms with E-state index in [4.69, 9.17) is 79.1 Å². The van der Waals surface area contributed by atoms with Gasteiger partial charge in [-0.25, -0.2) is 0 Å². The summed E-state index contributed by atoms with van der Waals surface area (Å²) in [5, 5.41) is 1.09. The van der Waals surface area contributed by atoms with Crippen LogP contribution in [0.4, 0.5) is 0 Å². The predicted molar refractivity (Wildman–Crippen MR) is 83.1 cm³/mol. The average Bonchev–Trinajstić information content (AvgIpc) is 2.42. The quantitative estimate of drug-likeness (QED) is 0.370. The molecule has 0 amide bonds. The van der Waals surface area contributed by atoms with Crippen LogP contribution >= 0.6 is 69.6 Å². The van der Waals surface area contributed by atoms with E-state index in [2.05, 4.69) is 0 Å². The summed E-state index contributed by atoms with van der Waals surface area (Å²) in [5.41, 5.74) is 0. The number of benzene rings is 2. The molecule has 0 unspecified atom stereocenters. The van der Waals surface area contributed by atoms with E-state index in [1.165, 1.54) is 12.1 Å². The van der Waals surface area contributed by atoms with Crippen molar-refractivity contribution in [2.75, 3.05) is 0 Å². The third-order valence-corrected chi connectivity index (χ3v) is 5.08. The summed E-state index contributed by atoms with van der Waals surface area (Å²) in [6, 6.07) is 2.96. The molecule has 0 saturated heterocycles. The summed E-state index contributed by atoms with van der Waals surface area (Å²) in [6.07, 6.45) is 0. The van der Waals surface area contributed by atoms with E-state index in [0.29, 0.717) is 0 Å². The zero-order valence-corrected chi connectivity index (χ0v) is 13.8. The van der Waals surface area contributed by atoms with Gasteiger partial charge in [0.05, 0.1) is 20.1 Å². The average molecular weight is 391 g/mol. The highest BCUT2D eigenvalue weighted by atomic mass is 35.5. The first-order valence-corrected chi connectivity index (χ1v) is 7.37. The minimum Gasteiger partial charge on any atom is -0.448 e. The molecule has 1 aliphatic heterocycles. The van der Waals surface area contributed by atoms with Gasteiger partial charge in [0.25, 0.3) is 0 Å². The first-order valence-electron chi connectivity index (χ1n) is 5.11. The highest BCUT2D eigenvalue weighted by Gasteiger charge is 2.28. The highest BCUT2D eigenvalue weighted by molar-refractivity contribution is 6.49. The monoisotopic (exact) mass is 388 g/mol. The van der Waals surface area contributed by atoms with Crippen LogP contribution in [0, 0.1) is 0 Å². The third kappa shape index (κ3) is 2.19. The minimum absolute atomic E-state index is 0.141. The van der Waals surface area contributed by atoms with Crippen LogP contribution in [0.1, 0.15) is 0 Å². The first-order chi connectivity index (χ1) is 9.40. The Bertz CT molecular complexity index is 680. The van der Waals surface area contributed by atoms with Gasteiger partial charge in [-0.2, -0.15) is 0 Å². The Morgan fingerprint density at radius 3 is 1.25 bits per heavy atom. The number of ether oxygens (including phenoxy) is 2. The molecule has 2 nitrogen and oxygen atoms in total. The van der Waals surface area contributed by atoms with Crippen molar-refractivity contribution in [2.45, 2.75) is 0 Å². The molecule has 2 aromatic carbocycles. The van der Waals surface area contributed by atoms with Gasteiger partial charge in [0.2, 0.25) is 0 Å². The molecule has 0 fully saturated rings. The second kappa shape index (κ2) is 5.20. The summed E-state index contributed by atoms with van der Waals surface area (Å²) in [7, 11) is 0. The highest BCUT2D eigenvalue weighted by Crippen LogP contribution is 2.56. The van der Waals surface area contributed by atoms with Crippen LogP contribution in [0.2, 0.25) is 30.1 Å². The molecule has 8 heteroatoms. The molecule has 2 aromatic rings. The van der Waals surface area contributed by atoms with Crippen LogP contribution in [0.25, 0.3) is 0 Å². The van der Waals surface area contributed by atoms with Crippen LogP contribution in [-0.2, 0) is 0 Å². The van der Waals surface area contributed by atoms with Gasteiger partial charge in [-0.15, -0.1) is 0 Å². The van der Waals surface area contributed by atoms with E-state index in [1.54, 1.807) is 0 Å². The third-order valence-electron chi connectivity index (χ3n) is 2.59. The summed E-state index contributed by atoms with van der Waals surface area (Å²) >= 11 is 36.0. The molecule has 0 atom stereocenters. The van der Waals surface area contributed by atoms with Crippen molar-refractivity contribution in [3.8, 4) is 23.0 Å². The van der Waals surface area contributed by atoms with Gasteiger partial charge < -0.3 is 9.47 Å². The Morgan fingerprint density at radius 1 is 0.550 bits per heavy atom. The van der Waals surface area contributed by atoms with Crippen molar-refractivity contribution in [1.82, 2.24) is 0 Å². The zero-order chi connectivity index (χ0) is 14.6. The Hall–Kier alpha value is -0.220. The van der Waals surface area contributed by atoms with Crippen LogP contribution in [0.5, 0.6) is 23.0 Å². The fourth-order valence-corrected chi connectivity index (χ4v) is 2.91. The number of hydrogen-bond acceptors (Lipinski definition) is 2. The van der Waals surface area contributed by atoms with Crippen molar-refractivity contribution in [3.05, 3.63) is 42.3 Å². The molecule has 1 heterocycles. The van der Waals surface area contributed by atoms with Crippen LogP contribution in [0.3, 0.4) is 0 Å². The maximum absolute atomic E-state index is 6.08. The van der Waals surface area contributed by atoms with Gasteiger partial charge in [-0.1, -0.05) is 69.6 Å². The summed E-state index contributed by atoms with van der Waals surface area (Å²) < 4.78 is 11.3. The lowest BCUT2D eigenvalue weighted by molar-refractivity contribution is 0.360.